The summed E-state index contributed by atoms with van der Waals surface area (Å²) < 4.78 is 31.2. The van der Waals surface area contributed by atoms with Crippen molar-refractivity contribution in [1.82, 2.24) is 4.90 Å². The third kappa shape index (κ3) is 4.63. The van der Waals surface area contributed by atoms with Gasteiger partial charge in [0.05, 0.1) is 17.7 Å². The molecule has 0 saturated carbocycles. The van der Waals surface area contributed by atoms with Crippen molar-refractivity contribution in [3.05, 3.63) is 77.1 Å². The third-order valence-electron chi connectivity index (χ3n) is 6.51. The summed E-state index contributed by atoms with van der Waals surface area (Å²) >= 11 is 0. The van der Waals surface area contributed by atoms with Crippen LogP contribution in [0.5, 0.6) is 0 Å². The standard InChI is InChI=1S/C28H31F2N5/c1-5-12-35(4)17-34-26-11-8-19(15-27(26)33-3)18-6-9-21-22-10-7-20(25(31)16-32-2)14-24(22)28(29,30)23(21)13-18/h6-11,13,15-17,20,33H,2,5,12,14,31H2,1,3-4H3/b25-16-,34-17?. The van der Waals surface area contributed by atoms with Gasteiger partial charge in [0, 0.05) is 49.6 Å². The van der Waals surface area contributed by atoms with Crippen LogP contribution in [0.4, 0.5) is 20.2 Å². The van der Waals surface area contributed by atoms with Gasteiger partial charge in [0.2, 0.25) is 0 Å². The Labute approximate surface area is 205 Å². The lowest BCUT2D eigenvalue weighted by molar-refractivity contribution is 0.0373. The minimum atomic E-state index is -3.06. The highest BCUT2D eigenvalue weighted by molar-refractivity contribution is 5.88. The second-order valence-corrected chi connectivity index (χ2v) is 8.92. The molecule has 4 rings (SSSR count). The number of alkyl halides is 2. The van der Waals surface area contributed by atoms with E-state index < -0.39 is 5.92 Å². The zero-order chi connectivity index (χ0) is 25.2. The van der Waals surface area contributed by atoms with Crippen LogP contribution >= 0.6 is 0 Å². The van der Waals surface area contributed by atoms with E-state index in [-0.39, 0.29) is 23.5 Å². The van der Waals surface area contributed by atoms with E-state index in [0.29, 0.717) is 16.8 Å². The van der Waals surface area contributed by atoms with Gasteiger partial charge in [-0.3, -0.25) is 4.99 Å². The molecule has 2 aliphatic carbocycles. The Balaban J connectivity index is 1.65. The molecule has 0 aromatic heterocycles. The molecule has 0 aliphatic heterocycles. The largest absolute Gasteiger partial charge is 0.400 e. The van der Waals surface area contributed by atoms with Gasteiger partial charge in [-0.2, -0.15) is 8.78 Å². The fourth-order valence-electron chi connectivity index (χ4n) is 4.67. The molecule has 0 heterocycles. The average Bonchev–Trinajstić information content (AvgIpc) is 3.08. The molecule has 2 aromatic carbocycles. The first-order valence-electron chi connectivity index (χ1n) is 11.7. The predicted molar refractivity (Wildman–Crippen MR) is 142 cm³/mol. The number of hydrogen-bond acceptors (Lipinski definition) is 4. The summed E-state index contributed by atoms with van der Waals surface area (Å²) in [6.45, 7) is 6.43. The molecule has 7 heteroatoms. The second-order valence-electron chi connectivity index (χ2n) is 8.92. The summed E-state index contributed by atoms with van der Waals surface area (Å²) in [7, 11) is 3.81. The van der Waals surface area contributed by atoms with Gasteiger partial charge >= 0.3 is 0 Å². The molecule has 182 valence electrons. The molecular weight excluding hydrogens is 444 g/mol. The lowest BCUT2D eigenvalue weighted by Crippen LogP contribution is -2.20. The highest BCUT2D eigenvalue weighted by atomic mass is 19.3. The van der Waals surface area contributed by atoms with Gasteiger partial charge in [-0.15, -0.1) is 0 Å². The Hall–Kier alpha value is -3.74. The fourth-order valence-corrected chi connectivity index (χ4v) is 4.67. The molecule has 0 fully saturated rings. The molecule has 2 aromatic rings. The number of fused-ring (bicyclic) bond motifs is 2. The number of hydrogen-bond donors (Lipinski definition) is 2. The maximum absolute atomic E-state index is 15.6. The number of nitrogens with two attached hydrogens (primary N) is 1. The van der Waals surface area contributed by atoms with Crippen LogP contribution in [0.3, 0.4) is 0 Å². The Morgan fingerprint density at radius 2 is 2.00 bits per heavy atom. The monoisotopic (exact) mass is 475 g/mol. The van der Waals surface area contributed by atoms with Crippen molar-refractivity contribution in [1.29, 1.82) is 0 Å². The van der Waals surface area contributed by atoms with Gasteiger partial charge in [-0.05, 0) is 60.0 Å². The molecule has 0 spiro atoms. The van der Waals surface area contributed by atoms with Crippen molar-refractivity contribution < 1.29 is 8.78 Å². The maximum Gasteiger partial charge on any atom is 0.296 e. The number of nitrogens with one attached hydrogen (secondary N) is 1. The molecule has 0 saturated heterocycles. The lowest BCUT2D eigenvalue weighted by atomic mass is 9.87. The van der Waals surface area contributed by atoms with Gasteiger partial charge in [0.1, 0.15) is 0 Å². The van der Waals surface area contributed by atoms with Crippen LogP contribution in [0.15, 0.2) is 76.0 Å². The van der Waals surface area contributed by atoms with E-state index in [9.17, 15) is 0 Å². The smallest absolute Gasteiger partial charge is 0.296 e. The van der Waals surface area contributed by atoms with Crippen molar-refractivity contribution >= 4 is 30.0 Å². The Morgan fingerprint density at radius 1 is 1.26 bits per heavy atom. The van der Waals surface area contributed by atoms with E-state index in [1.165, 1.54) is 6.20 Å². The van der Waals surface area contributed by atoms with Crippen LogP contribution in [-0.4, -0.2) is 38.6 Å². The first-order valence-corrected chi connectivity index (χ1v) is 11.7. The van der Waals surface area contributed by atoms with E-state index in [0.717, 1.165) is 35.5 Å². The molecule has 35 heavy (non-hydrogen) atoms. The molecule has 1 unspecified atom stereocenters. The molecule has 0 bridgehead atoms. The van der Waals surface area contributed by atoms with Gasteiger partial charge in [0.25, 0.3) is 5.92 Å². The molecule has 5 nitrogen and oxygen atoms in total. The first kappa shape index (κ1) is 24.4. The Morgan fingerprint density at radius 3 is 2.71 bits per heavy atom. The number of aliphatic imine (C=N–C) groups is 2. The van der Waals surface area contributed by atoms with Crippen LogP contribution < -0.4 is 11.1 Å². The zero-order valence-electron chi connectivity index (χ0n) is 20.4. The SMILES string of the molecule is C=N/C=C(\N)C1C=CC2=C(C1)C(F)(F)c1cc(-c3ccc(N=CN(C)CCC)c(NC)c3)ccc12. The summed E-state index contributed by atoms with van der Waals surface area (Å²) in [6, 6.07) is 11.1. The lowest BCUT2D eigenvalue weighted by Gasteiger charge is -2.23. The van der Waals surface area contributed by atoms with Gasteiger partial charge < -0.3 is 16.0 Å². The number of nitrogens with zero attached hydrogens (tertiary/aromatic N) is 3. The third-order valence-corrected chi connectivity index (χ3v) is 6.51. The van der Waals surface area contributed by atoms with E-state index in [1.807, 2.05) is 49.3 Å². The highest BCUT2D eigenvalue weighted by Crippen LogP contribution is 2.54. The summed E-state index contributed by atoms with van der Waals surface area (Å²) in [6.07, 6.45) is 8.05. The normalized spacial score (nSPS) is 18.5. The van der Waals surface area contributed by atoms with Crippen LogP contribution in [0, 0.1) is 5.92 Å². The van der Waals surface area contributed by atoms with Crippen LogP contribution in [0.25, 0.3) is 16.7 Å². The number of benzene rings is 2. The zero-order valence-corrected chi connectivity index (χ0v) is 20.4. The van der Waals surface area contributed by atoms with Gasteiger partial charge in [0.15, 0.2) is 0 Å². The Bertz CT molecular complexity index is 1260. The molecule has 0 amide bonds. The molecular formula is C28H31F2N5. The molecule has 1 atom stereocenters. The van der Waals surface area contributed by atoms with Gasteiger partial charge in [-0.1, -0.05) is 37.3 Å². The average molecular weight is 476 g/mol. The van der Waals surface area contributed by atoms with Crippen molar-refractivity contribution in [3.63, 3.8) is 0 Å². The molecule has 0 radical (unpaired) electrons. The summed E-state index contributed by atoms with van der Waals surface area (Å²) in [5.74, 6) is -3.38. The van der Waals surface area contributed by atoms with E-state index in [4.69, 9.17) is 5.73 Å². The number of rotatable bonds is 8. The summed E-state index contributed by atoms with van der Waals surface area (Å²) in [5, 5.41) is 3.17. The summed E-state index contributed by atoms with van der Waals surface area (Å²) in [4.78, 5) is 10.3. The van der Waals surface area contributed by atoms with E-state index in [2.05, 4.69) is 28.9 Å². The number of halogens is 2. The minimum Gasteiger partial charge on any atom is -0.400 e. The van der Waals surface area contributed by atoms with Crippen LogP contribution in [-0.2, 0) is 5.92 Å². The van der Waals surface area contributed by atoms with Crippen LogP contribution in [0.2, 0.25) is 0 Å². The van der Waals surface area contributed by atoms with Crippen molar-refractivity contribution in [2.75, 3.05) is 26.0 Å². The van der Waals surface area contributed by atoms with Crippen molar-refractivity contribution in [2.45, 2.75) is 25.7 Å². The Kier molecular flexibility index (Phi) is 6.87. The minimum absolute atomic E-state index is 0.0315. The molecule has 3 N–H and O–H groups in total. The number of anilines is 1. The quantitative estimate of drug-likeness (QED) is 0.346. The fraction of sp³-hybridized carbons (Fsp3) is 0.286. The van der Waals surface area contributed by atoms with Crippen LogP contribution in [0.1, 0.15) is 30.9 Å². The van der Waals surface area contributed by atoms with Crippen molar-refractivity contribution in [2.24, 2.45) is 21.6 Å². The summed E-state index contributed by atoms with van der Waals surface area (Å²) in [5.41, 5.74) is 10.9. The maximum atomic E-state index is 15.6. The van der Waals surface area contributed by atoms with Crippen molar-refractivity contribution in [3.8, 4) is 11.1 Å². The van der Waals surface area contributed by atoms with E-state index in [1.54, 1.807) is 24.5 Å². The molecule has 2 aliphatic rings. The van der Waals surface area contributed by atoms with Gasteiger partial charge in [-0.25, -0.2) is 4.99 Å². The first-order chi connectivity index (χ1) is 16.8. The topological polar surface area (TPSA) is 66.0 Å². The predicted octanol–water partition coefficient (Wildman–Crippen LogP) is 6.33. The van der Waals surface area contributed by atoms with E-state index >= 15 is 8.78 Å². The second kappa shape index (κ2) is 9.86. The number of allylic oxidation sites excluding steroid dienone is 4. The highest BCUT2D eigenvalue weighted by Gasteiger charge is 2.47.